The summed E-state index contributed by atoms with van der Waals surface area (Å²) in [7, 11) is 0. The molecule has 24 heavy (non-hydrogen) atoms. The molecule has 0 bridgehead atoms. The Labute approximate surface area is 136 Å². The largest absolute Gasteiger partial charge is 0.420 e. The number of nitrogens with zero attached hydrogens (tertiary/aromatic N) is 2. The van der Waals surface area contributed by atoms with E-state index in [-0.39, 0.29) is 22.7 Å². The molecule has 1 saturated heterocycles. The summed E-state index contributed by atoms with van der Waals surface area (Å²) in [6, 6.07) is 4.08. The molecule has 1 saturated carbocycles. The van der Waals surface area contributed by atoms with E-state index in [9.17, 15) is 17.6 Å². The third-order valence-corrected chi connectivity index (χ3v) is 5.13. The van der Waals surface area contributed by atoms with E-state index >= 15 is 0 Å². The molecule has 128 valence electrons. The van der Waals surface area contributed by atoms with Crippen LogP contribution in [0.2, 0.25) is 0 Å². The number of alkyl halides is 3. The van der Waals surface area contributed by atoms with Crippen LogP contribution in [0.1, 0.15) is 30.0 Å². The van der Waals surface area contributed by atoms with Crippen LogP contribution in [-0.4, -0.2) is 22.9 Å². The van der Waals surface area contributed by atoms with Crippen molar-refractivity contribution in [1.82, 2.24) is 15.1 Å². The Hall–Kier alpha value is -1.89. The van der Waals surface area contributed by atoms with Crippen LogP contribution in [0.25, 0.3) is 11.3 Å². The van der Waals surface area contributed by atoms with Gasteiger partial charge in [0.15, 0.2) is 0 Å². The smallest absolute Gasteiger partial charge is 0.316 e. The molecule has 2 heterocycles. The molecule has 1 aliphatic carbocycles. The Balaban J connectivity index is 1.74. The van der Waals surface area contributed by atoms with Crippen molar-refractivity contribution >= 4 is 0 Å². The summed E-state index contributed by atoms with van der Waals surface area (Å²) in [5.74, 6) is -0.690. The Morgan fingerprint density at radius 2 is 1.96 bits per heavy atom. The zero-order chi connectivity index (χ0) is 17.1. The maximum absolute atomic E-state index is 14.1. The first-order valence-corrected chi connectivity index (χ1v) is 7.91. The second kappa shape index (κ2) is 5.05. The molecule has 3 nitrogen and oxygen atoms in total. The Morgan fingerprint density at radius 1 is 1.25 bits per heavy atom. The molecule has 7 heteroatoms. The quantitative estimate of drug-likeness (QED) is 0.840. The number of aromatic nitrogens is 2. The van der Waals surface area contributed by atoms with Gasteiger partial charge in [-0.25, -0.2) is 4.39 Å². The highest BCUT2D eigenvalue weighted by Gasteiger charge is 2.50. The van der Waals surface area contributed by atoms with Gasteiger partial charge in [-0.3, -0.25) is 4.68 Å². The number of benzene rings is 1. The van der Waals surface area contributed by atoms with Crippen LogP contribution >= 0.6 is 0 Å². The Kier molecular flexibility index (Phi) is 3.29. The topological polar surface area (TPSA) is 29.9 Å². The van der Waals surface area contributed by atoms with Gasteiger partial charge in [-0.05, 0) is 37.3 Å². The molecule has 1 aliphatic heterocycles. The fraction of sp³-hybridized carbons (Fsp3) is 0.471. The van der Waals surface area contributed by atoms with Gasteiger partial charge in [0.25, 0.3) is 0 Å². The van der Waals surface area contributed by atoms with Gasteiger partial charge in [0.1, 0.15) is 17.1 Å². The summed E-state index contributed by atoms with van der Waals surface area (Å²) in [5.41, 5.74) is -0.377. The molecule has 2 fully saturated rings. The molecule has 4 rings (SSSR count). The van der Waals surface area contributed by atoms with Gasteiger partial charge in [0.2, 0.25) is 0 Å². The molecule has 0 atom stereocenters. The summed E-state index contributed by atoms with van der Waals surface area (Å²) in [6.07, 6.45) is -1.91. The van der Waals surface area contributed by atoms with Crippen molar-refractivity contribution in [2.45, 2.75) is 32.0 Å². The van der Waals surface area contributed by atoms with Crippen LogP contribution in [0.3, 0.4) is 0 Å². The first-order valence-electron chi connectivity index (χ1n) is 7.91. The van der Waals surface area contributed by atoms with Gasteiger partial charge in [-0.2, -0.15) is 18.3 Å². The Bertz CT molecular complexity index is 782. The third kappa shape index (κ3) is 2.42. The predicted molar refractivity (Wildman–Crippen MR) is 80.9 cm³/mol. The maximum Gasteiger partial charge on any atom is 0.420 e. The minimum absolute atomic E-state index is 0.0465. The van der Waals surface area contributed by atoms with Gasteiger partial charge in [0.05, 0.1) is 6.04 Å². The summed E-state index contributed by atoms with van der Waals surface area (Å²) >= 11 is 0. The molecule has 0 radical (unpaired) electrons. The maximum atomic E-state index is 14.1. The summed E-state index contributed by atoms with van der Waals surface area (Å²) in [6.45, 7) is 3.54. The number of hydrogen-bond acceptors (Lipinski definition) is 2. The van der Waals surface area contributed by atoms with Crippen molar-refractivity contribution in [3.8, 4) is 11.3 Å². The normalized spacial score (nSPS) is 20.0. The molecular weight excluding hydrogens is 322 g/mol. The second-order valence-electron chi connectivity index (χ2n) is 7.02. The van der Waals surface area contributed by atoms with Crippen molar-refractivity contribution in [3.05, 3.63) is 41.3 Å². The van der Waals surface area contributed by atoms with Gasteiger partial charge in [0, 0.05) is 24.8 Å². The Morgan fingerprint density at radius 3 is 2.54 bits per heavy atom. The van der Waals surface area contributed by atoms with E-state index in [0.717, 1.165) is 32.1 Å². The van der Waals surface area contributed by atoms with E-state index in [4.69, 9.17) is 0 Å². The lowest BCUT2D eigenvalue weighted by atomic mass is 9.62. The number of nitrogens with one attached hydrogen (secondary N) is 1. The zero-order valence-corrected chi connectivity index (χ0v) is 13.1. The van der Waals surface area contributed by atoms with E-state index in [1.807, 2.05) is 0 Å². The average Bonchev–Trinajstić information content (AvgIpc) is 2.83. The first kappa shape index (κ1) is 15.6. The number of rotatable bonds is 2. The number of aryl methyl sites for hydroxylation is 1. The fourth-order valence-corrected chi connectivity index (χ4v) is 3.70. The highest BCUT2D eigenvalue weighted by Crippen LogP contribution is 2.51. The number of hydrogen-bond donors (Lipinski definition) is 1. The highest BCUT2D eigenvalue weighted by atomic mass is 19.4. The standard InChI is InChI=1S/C17H17F4N3/c1-10-2-3-14(18)12(4-10)15-13(17(19,20)21)7-24(23-15)11-5-16(6-11)8-22-9-16/h2-4,7,11,22H,5-6,8-9H2,1H3. The third-order valence-electron chi connectivity index (χ3n) is 5.13. The van der Waals surface area contributed by atoms with Gasteiger partial charge < -0.3 is 5.32 Å². The van der Waals surface area contributed by atoms with E-state index in [0.29, 0.717) is 5.56 Å². The highest BCUT2D eigenvalue weighted by molar-refractivity contribution is 5.65. The molecule has 0 unspecified atom stereocenters. The molecule has 1 spiro atoms. The van der Waals surface area contributed by atoms with Crippen LogP contribution in [0.15, 0.2) is 24.4 Å². The lowest BCUT2D eigenvalue weighted by Crippen LogP contribution is -2.60. The molecule has 1 N–H and O–H groups in total. The minimum Gasteiger partial charge on any atom is -0.316 e. The van der Waals surface area contributed by atoms with E-state index in [2.05, 4.69) is 10.4 Å². The SMILES string of the molecule is Cc1ccc(F)c(-c2nn(C3CC4(CNC4)C3)cc2C(F)(F)F)c1. The van der Waals surface area contributed by atoms with Crippen molar-refractivity contribution < 1.29 is 17.6 Å². The lowest BCUT2D eigenvalue weighted by Gasteiger charge is -2.54. The van der Waals surface area contributed by atoms with Crippen molar-refractivity contribution in [1.29, 1.82) is 0 Å². The van der Waals surface area contributed by atoms with Crippen molar-refractivity contribution in [2.24, 2.45) is 5.41 Å². The predicted octanol–water partition coefficient (Wildman–Crippen LogP) is 3.94. The zero-order valence-electron chi connectivity index (χ0n) is 13.1. The van der Waals surface area contributed by atoms with E-state index in [1.165, 1.54) is 22.9 Å². The minimum atomic E-state index is -4.57. The molecule has 2 aromatic rings. The average molecular weight is 339 g/mol. The van der Waals surface area contributed by atoms with Crippen LogP contribution < -0.4 is 5.32 Å². The second-order valence-corrected chi connectivity index (χ2v) is 7.02. The van der Waals surface area contributed by atoms with Crippen LogP contribution in [0.4, 0.5) is 17.6 Å². The summed E-state index contributed by atoms with van der Waals surface area (Å²) in [5, 5.41) is 7.33. The summed E-state index contributed by atoms with van der Waals surface area (Å²) in [4.78, 5) is 0. The molecule has 0 amide bonds. The van der Waals surface area contributed by atoms with Gasteiger partial charge in [-0.15, -0.1) is 0 Å². The fourth-order valence-electron chi connectivity index (χ4n) is 3.70. The van der Waals surface area contributed by atoms with Crippen LogP contribution in [0.5, 0.6) is 0 Å². The van der Waals surface area contributed by atoms with E-state index < -0.39 is 17.6 Å². The molecule has 1 aromatic carbocycles. The van der Waals surface area contributed by atoms with Crippen molar-refractivity contribution in [2.75, 3.05) is 13.1 Å². The molecule has 1 aromatic heterocycles. The molecular formula is C17H17F4N3. The molecule has 2 aliphatic rings. The summed E-state index contributed by atoms with van der Waals surface area (Å²) < 4.78 is 55.7. The van der Waals surface area contributed by atoms with E-state index in [1.54, 1.807) is 6.92 Å². The van der Waals surface area contributed by atoms with Gasteiger partial charge >= 0.3 is 6.18 Å². The van der Waals surface area contributed by atoms with Crippen LogP contribution in [-0.2, 0) is 6.18 Å². The number of halogens is 4. The first-order chi connectivity index (χ1) is 11.3. The monoisotopic (exact) mass is 339 g/mol. The van der Waals surface area contributed by atoms with Crippen molar-refractivity contribution in [3.63, 3.8) is 0 Å². The van der Waals surface area contributed by atoms with Gasteiger partial charge in [-0.1, -0.05) is 11.6 Å². The van der Waals surface area contributed by atoms with Crippen LogP contribution in [0, 0.1) is 18.2 Å². The lowest BCUT2D eigenvalue weighted by molar-refractivity contribution is -0.137.